The number of fused-ring (bicyclic) bond motifs is 2. The van der Waals surface area contributed by atoms with Crippen LogP contribution in [0, 0.1) is 0 Å². The van der Waals surface area contributed by atoms with Gasteiger partial charge in [-0.15, -0.1) is 0 Å². The average Bonchev–Trinajstić information content (AvgIpc) is 3.01. The summed E-state index contributed by atoms with van der Waals surface area (Å²) in [5, 5.41) is 0. The third-order valence-corrected chi connectivity index (χ3v) is 4.59. The number of hydrogen-bond acceptors (Lipinski definition) is 4. The predicted molar refractivity (Wildman–Crippen MR) is 96.0 cm³/mol. The largest absolute Gasteiger partial charge is 0.497 e. The number of carbonyl (C=O) groups excluding carboxylic acids is 1. The highest BCUT2D eigenvalue weighted by Crippen LogP contribution is 2.40. The lowest BCUT2D eigenvalue weighted by Gasteiger charge is -2.36. The topological polar surface area (TPSA) is 67.5 Å². The van der Waals surface area contributed by atoms with Gasteiger partial charge in [0, 0.05) is 18.2 Å². The number of rotatable bonds is 2. The molecule has 3 aromatic rings. The Morgan fingerprint density at radius 3 is 2.60 bits per heavy atom. The number of nitrogens with one attached hydrogen (secondary N) is 1. The number of benzene rings is 2. The van der Waals surface area contributed by atoms with Crippen LogP contribution < -0.4 is 9.64 Å². The monoisotopic (exact) mass is 337 g/mol. The molecule has 0 spiro atoms. The fourth-order valence-corrected chi connectivity index (χ4v) is 3.13. The molecular formula is C19H19N3O3. The van der Waals surface area contributed by atoms with Crippen LogP contribution in [0.2, 0.25) is 0 Å². The Bertz CT molecular complexity index is 973. The van der Waals surface area contributed by atoms with E-state index in [2.05, 4.69) is 9.97 Å². The summed E-state index contributed by atoms with van der Waals surface area (Å²) in [5.41, 5.74) is 3.77. The van der Waals surface area contributed by atoms with Gasteiger partial charge < -0.3 is 14.5 Å². The summed E-state index contributed by atoms with van der Waals surface area (Å²) in [5.74, 6) is 1.57. The maximum atomic E-state index is 12.1. The van der Waals surface area contributed by atoms with Gasteiger partial charge in [-0.25, -0.2) is 9.78 Å². The predicted octanol–water partition coefficient (Wildman–Crippen LogP) is 4.06. The SMILES string of the molecule is COc1ccc(-c2nc3cc4c(cc3[nH]2)C(C)(C)OC(=O)N4C)cc1. The van der Waals surface area contributed by atoms with Crippen molar-refractivity contribution in [3.8, 4) is 17.1 Å². The van der Waals surface area contributed by atoms with E-state index < -0.39 is 5.60 Å². The van der Waals surface area contributed by atoms with E-state index >= 15 is 0 Å². The fourth-order valence-electron chi connectivity index (χ4n) is 3.13. The third kappa shape index (κ3) is 2.41. The van der Waals surface area contributed by atoms with E-state index in [1.54, 1.807) is 14.2 Å². The molecule has 1 aliphatic rings. The zero-order valence-electron chi connectivity index (χ0n) is 14.6. The summed E-state index contributed by atoms with van der Waals surface area (Å²) in [7, 11) is 3.35. The maximum absolute atomic E-state index is 12.1. The minimum absolute atomic E-state index is 0.359. The Morgan fingerprint density at radius 2 is 1.92 bits per heavy atom. The van der Waals surface area contributed by atoms with Crippen LogP contribution in [0.3, 0.4) is 0 Å². The first kappa shape index (κ1) is 15.5. The van der Waals surface area contributed by atoms with Crippen molar-refractivity contribution in [1.82, 2.24) is 9.97 Å². The van der Waals surface area contributed by atoms with Gasteiger partial charge in [-0.1, -0.05) is 0 Å². The number of methoxy groups -OCH3 is 1. The molecule has 0 unspecified atom stereocenters. The lowest BCUT2D eigenvalue weighted by molar-refractivity contribution is 0.0363. The number of anilines is 1. The summed E-state index contributed by atoms with van der Waals surface area (Å²) in [6.07, 6.45) is -0.359. The van der Waals surface area contributed by atoms with E-state index in [4.69, 9.17) is 9.47 Å². The number of imidazole rings is 1. The van der Waals surface area contributed by atoms with Crippen LogP contribution in [0.1, 0.15) is 19.4 Å². The minimum Gasteiger partial charge on any atom is -0.497 e. The first-order valence-corrected chi connectivity index (χ1v) is 8.04. The molecule has 0 atom stereocenters. The van der Waals surface area contributed by atoms with Gasteiger partial charge >= 0.3 is 6.09 Å². The fraction of sp³-hybridized carbons (Fsp3) is 0.263. The first-order valence-electron chi connectivity index (χ1n) is 8.04. The molecule has 25 heavy (non-hydrogen) atoms. The molecule has 128 valence electrons. The molecule has 2 heterocycles. The van der Waals surface area contributed by atoms with Crippen LogP contribution in [-0.2, 0) is 10.3 Å². The molecule has 0 saturated carbocycles. The highest BCUT2D eigenvalue weighted by Gasteiger charge is 2.37. The number of ether oxygens (including phenoxy) is 2. The summed E-state index contributed by atoms with van der Waals surface area (Å²) in [6.45, 7) is 3.78. The van der Waals surface area contributed by atoms with Gasteiger partial charge in [0.25, 0.3) is 0 Å². The third-order valence-electron chi connectivity index (χ3n) is 4.59. The summed E-state index contributed by atoms with van der Waals surface area (Å²) in [6, 6.07) is 11.6. The van der Waals surface area contributed by atoms with Gasteiger partial charge in [0.05, 0.1) is 23.8 Å². The Kier molecular flexibility index (Phi) is 3.25. The molecule has 0 radical (unpaired) electrons. The van der Waals surface area contributed by atoms with E-state index in [-0.39, 0.29) is 6.09 Å². The second-order valence-corrected chi connectivity index (χ2v) is 6.64. The molecule has 4 rings (SSSR count). The van der Waals surface area contributed by atoms with Crippen LogP contribution in [0.15, 0.2) is 36.4 Å². The molecule has 6 heteroatoms. The molecule has 0 aliphatic carbocycles. The van der Waals surface area contributed by atoms with Gasteiger partial charge in [0.1, 0.15) is 17.2 Å². The van der Waals surface area contributed by atoms with E-state index in [1.165, 1.54) is 4.90 Å². The molecule has 1 aromatic heterocycles. The van der Waals surface area contributed by atoms with Gasteiger partial charge in [-0.2, -0.15) is 0 Å². The van der Waals surface area contributed by atoms with Gasteiger partial charge in [-0.05, 0) is 50.2 Å². The van der Waals surface area contributed by atoms with Crippen LogP contribution in [-0.4, -0.2) is 30.2 Å². The van der Waals surface area contributed by atoms with E-state index in [0.717, 1.165) is 39.4 Å². The zero-order chi connectivity index (χ0) is 17.8. The summed E-state index contributed by atoms with van der Waals surface area (Å²) < 4.78 is 10.7. The number of nitrogens with zero attached hydrogens (tertiary/aromatic N) is 2. The van der Waals surface area contributed by atoms with Crippen LogP contribution >= 0.6 is 0 Å². The number of aromatic nitrogens is 2. The molecule has 6 nitrogen and oxygen atoms in total. The molecule has 1 N–H and O–H groups in total. The van der Waals surface area contributed by atoms with Gasteiger partial charge in [-0.3, -0.25) is 4.90 Å². The van der Waals surface area contributed by atoms with E-state index in [1.807, 2.05) is 50.2 Å². The molecule has 1 amide bonds. The standard InChI is InChI=1S/C19H19N3O3/c1-19(2)13-9-14-15(10-16(13)22(3)18(23)25-19)21-17(20-14)11-5-7-12(24-4)8-6-11/h5-10H,1-4H3,(H,20,21). The van der Waals surface area contributed by atoms with Crippen LogP contribution in [0.25, 0.3) is 22.4 Å². The molecular weight excluding hydrogens is 318 g/mol. The Balaban J connectivity index is 1.85. The number of amides is 1. The van der Waals surface area contributed by atoms with Crippen molar-refractivity contribution >= 4 is 22.8 Å². The van der Waals surface area contributed by atoms with Crippen molar-refractivity contribution < 1.29 is 14.3 Å². The van der Waals surface area contributed by atoms with E-state index in [0.29, 0.717) is 0 Å². The quantitative estimate of drug-likeness (QED) is 0.766. The smallest absolute Gasteiger partial charge is 0.414 e. The summed E-state index contributed by atoms with van der Waals surface area (Å²) >= 11 is 0. The normalized spacial score (nSPS) is 15.8. The maximum Gasteiger partial charge on any atom is 0.414 e. The average molecular weight is 337 g/mol. The number of carbonyl (C=O) groups is 1. The molecule has 0 saturated heterocycles. The lowest BCUT2D eigenvalue weighted by atomic mass is 9.94. The van der Waals surface area contributed by atoms with Crippen molar-refractivity contribution in [1.29, 1.82) is 0 Å². The molecule has 2 aromatic carbocycles. The van der Waals surface area contributed by atoms with Crippen molar-refractivity contribution in [3.05, 3.63) is 42.0 Å². The number of hydrogen-bond donors (Lipinski definition) is 1. The van der Waals surface area contributed by atoms with Gasteiger partial charge in [0.2, 0.25) is 0 Å². The minimum atomic E-state index is -0.682. The van der Waals surface area contributed by atoms with Crippen molar-refractivity contribution in [2.45, 2.75) is 19.4 Å². The highest BCUT2D eigenvalue weighted by molar-refractivity contribution is 5.95. The second kappa shape index (κ2) is 5.24. The van der Waals surface area contributed by atoms with Crippen molar-refractivity contribution in [2.75, 3.05) is 19.1 Å². The van der Waals surface area contributed by atoms with Gasteiger partial charge in [0.15, 0.2) is 0 Å². The summed E-state index contributed by atoms with van der Waals surface area (Å²) in [4.78, 5) is 21.6. The van der Waals surface area contributed by atoms with E-state index in [9.17, 15) is 4.79 Å². The number of H-pyrrole nitrogens is 1. The lowest BCUT2D eigenvalue weighted by Crippen LogP contribution is -2.41. The Morgan fingerprint density at radius 1 is 1.20 bits per heavy atom. The van der Waals surface area contributed by atoms with Crippen LogP contribution in [0.5, 0.6) is 5.75 Å². The van der Waals surface area contributed by atoms with Crippen molar-refractivity contribution in [3.63, 3.8) is 0 Å². The van der Waals surface area contributed by atoms with Crippen LogP contribution in [0.4, 0.5) is 10.5 Å². The second-order valence-electron chi connectivity index (χ2n) is 6.64. The van der Waals surface area contributed by atoms with Crippen molar-refractivity contribution in [2.24, 2.45) is 0 Å². The zero-order valence-corrected chi connectivity index (χ0v) is 14.6. The Hall–Kier alpha value is -3.02. The first-order chi connectivity index (χ1) is 11.9. The highest BCUT2D eigenvalue weighted by atomic mass is 16.6. The molecule has 1 aliphatic heterocycles. The number of cyclic esters (lactones) is 1. The molecule has 0 fully saturated rings. The molecule has 0 bridgehead atoms. The number of aromatic amines is 1. The Labute approximate surface area is 145 Å².